The van der Waals surface area contributed by atoms with Gasteiger partial charge in [-0.1, -0.05) is 51.3 Å². The lowest BCUT2D eigenvalue weighted by atomic mass is 10.1. The van der Waals surface area contributed by atoms with Gasteiger partial charge in [-0.25, -0.2) is 0 Å². The SMILES string of the molecule is CC(C)[C@H]1CSC(NC2CCCCCC2)=N1. The van der Waals surface area contributed by atoms with E-state index >= 15 is 0 Å². The first kappa shape index (κ1) is 12.3. The summed E-state index contributed by atoms with van der Waals surface area (Å²) >= 11 is 1.92. The molecule has 1 aliphatic carbocycles. The zero-order valence-corrected chi connectivity index (χ0v) is 11.4. The Hall–Kier alpha value is -0.180. The highest BCUT2D eigenvalue weighted by Gasteiger charge is 2.23. The lowest BCUT2D eigenvalue weighted by molar-refractivity contribution is 0.523. The van der Waals surface area contributed by atoms with Gasteiger partial charge in [-0.3, -0.25) is 4.99 Å². The molecule has 0 aromatic rings. The van der Waals surface area contributed by atoms with Crippen LogP contribution < -0.4 is 5.32 Å². The Morgan fingerprint density at radius 1 is 1.19 bits per heavy atom. The van der Waals surface area contributed by atoms with Crippen LogP contribution in [-0.4, -0.2) is 23.0 Å². The van der Waals surface area contributed by atoms with Crippen LogP contribution in [0.1, 0.15) is 52.4 Å². The van der Waals surface area contributed by atoms with Gasteiger partial charge in [0.15, 0.2) is 5.17 Å². The van der Waals surface area contributed by atoms with Crippen molar-refractivity contribution in [1.82, 2.24) is 5.32 Å². The number of rotatable bonds is 2. The molecule has 0 amide bonds. The van der Waals surface area contributed by atoms with Crippen molar-refractivity contribution in [2.24, 2.45) is 10.9 Å². The Kier molecular flexibility index (Phi) is 4.56. The highest BCUT2D eigenvalue weighted by molar-refractivity contribution is 8.14. The fourth-order valence-corrected chi connectivity index (χ4v) is 3.66. The van der Waals surface area contributed by atoms with E-state index in [2.05, 4.69) is 19.2 Å². The molecular weight excluding hydrogens is 216 g/mol. The number of hydrogen-bond donors (Lipinski definition) is 1. The van der Waals surface area contributed by atoms with Gasteiger partial charge in [0.1, 0.15) is 0 Å². The maximum Gasteiger partial charge on any atom is 0.157 e. The Balaban J connectivity index is 1.82. The molecule has 3 heteroatoms. The molecule has 0 spiro atoms. The van der Waals surface area contributed by atoms with Crippen molar-refractivity contribution < 1.29 is 0 Å². The molecule has 2 rings (SSSR count). The molecule has 0 bridgehead atoms. The first-order valence-electron chi connectivity index (χ1n) is 6.73. The summed E-state index contributed by atoms with van der Waals surface area (Å²) in [5.74, 6) is 1.85. The molecule has 0 aromatic heterocycles. The van der Waals surface area contributed by atoms with Crippen LogP contribution in [0.4, 0.5) is 0 Å². The third-order valence-corrected chi connectivity index (χ3v) is 4.63. The van der Waals surface area contributed by atoms with Gasteiger partial charge in [-0.2, -0.15) is 0 Å². The Bertz CT molecular complexity index is 242. The summed E-state index contributed by atoms with van der Waals surface area (Å²) in [7, 11) is 0. The van der Waals surface area contributed by atoms with Crippen molar-refractivity contribution in [3.05, 3.63) is 0 Å². The predicted molar refractivity (Wildman–Crippen MR) is 73.1 cm³/mol. The van der Waals surface area contributed by atoms with Crippen molar-refractivity contribution in [1.29, 1.82) is 0 Å². The van der Waals surface area contributed by atoms with Crippen molar-refractivity contribution in [3.8, 4) is 0 Å². The van der Waals surface area contributed by atoms with Gasteiger partial charge in [0, 0.05) is 11.8 Å². The molecular formula is C13H24N2S. The van der Waals surface area contributed by atoms with Gasteiger partial charge in [0.05, 0.1) is 6.04 Å². The van der Waals surface area contributed by atoms with Crippen LogP contribution in [0.15, 0.2) is 4.99 Å². The number of amidine groups is 1. The van der Waals surface area contributed by atoms with Crippen LogP contribution in [0.2, 0.25) is 0 Å². The molecule has 1 atom stereocenters. The minimum atomic E-state index is 0.540. The lowest BCUT2D eigenvalue weighted by Gasteiger charge is -2.16. The summed E-state index contributed by atoms with van der Waals surface area (Å²) in [6.45, 7) is 4.53. The normalized spacial score (nSPS) is 27.9. The van der Waals surface area contributed by atoms with Crippen LogP contribution in [0.5, 0.6) is 0 Å². The van der Waals surface area contributed by atoms with E-state index < -0.39 is 0 Å². The third-order valence-electron chi connectivity index (χ3n) is 3.63. The first-order valence-corrected chi connectivity index (χ1v) is 7.71. The summed E-state index contributed by atoms with van der Waals surface area (Å²) in [6.07, 6.45) is 8.31. The Labute approximate surface area is 104 Å². The molecule has 1 N–H and O–H groups in total. The number of nitrogens with one attached hydrogen (secondary N) is 1. The van der Waals surface area contributed by atoms with Crippen molar-refractivity contribution in [2.75, 3.05) is 5.75 Å². The molecule has 16 heavy (non-hydrogen) atoms. The number of thioether (sulfide) groups is 1. The van der Waals surface area contributed by atoms with Gasteiger partial charge >= 0.3 is 0 Å². The average Bonchev–Trinajstić information content (AvgIpc) is 2.56. The predicted octanol–water partition coefficient (Wildman–Crippen LogP) is 3.43. The summed E-state index contributed by atoms with van der Waals surface area (Å²) in [5, 5.41) is 4.87. The molecule has 0 saturated heterocycles. The van der Waals surface area contributed by atoms with Crippen molar-refractivity contribution in [3.63, 3.8) is 0 Å². The molecule has 2 aliphatic rings. The van der Waals surface area contributed by atoms with Crippen molar-refractivity contribution in [2.45, 2.75) is 64.5 Å². The van der Waals surface area contributed by atoms with Crippen LogP contribution in [0.3, 0.4) is 0 Å². The molecule has 1 heterocycles. The zero-order valence-electron chi connectivity index (χ0n) is 10.5. The second-order valence-electron chi connectivity index (χ2n) is 5.39. The Morgan fingerprint density at radius 2 is 1.88 bits per heavy atom. The topological polar surface area (TPSA) is 24.4 Å². The standard InChI is InChI=1S/C13H24N2S/c1-10(2)12-9-16-13(15-12)14-11-7-5-3-4-6-8-11/h10-12H,3-9H2,1-2H3,(H,14,15)/t12-/m1/s1. The van der Waals surface area contributed by atoms with Crippen LogP contribution in [0.25, 0.3) is 0 Å². The molecule has 0 aromatic carbocycles. The van der Waals surface area contributed by atoms with E-state index in [1.807, 2.05) is 11.8 Å². The molecule has 1 saturated carbocycles. The van der Waals surface area contributed by atoms with Crippen LogP contribution in [0, 0.1) is 5.92 Å². The van der Waals surface area contributed by atoms with E-state index in [-0.39, 0.29) is 0 Å². The zero-order chi connectivity index (χ0) is 11.4. The van der Waals surface area contributed by atoms with Crippen LogP contribution in [-0.2, 0) is 0 Å². The number of nitrogens with zero attached hydrogens (tertiary/aromatic N) is 1. The lowest BCUT2D eigenvalue weighted by Crippen LogP contribution is -2.31. The maximum absolute atomic E-state index is 4.78. The summed E-state index contributed by atoms with van der Waals surface area (Å²) in [6, 6.07) is 1.23. The molecule has 92 valence electrons. The van der Waals surface area contributed by atoms with Gasteiger partial charge in [-0.15, -0.1) is 0 Å². The minimum absolute atomic E-state index is 0.540. The maximum atomic E-state index is 4.78. The molecule has 0 unspecified atom stereocenters. The van der Waals surface area contributed by atoms with E-state index in [1.54, 1.807) is 0 Å². The quantitative estimate of drug-likeness (QED) is 0.748. The number of hydrogen-bond acceptors (Lipinski definition) is 3. The van der Waals surface area contributed by atoms with E-state index in [1.165, 1.54) is 49.4 Å². The Morgan fingerprint density at radius 3 is 2.44 bits per heavy atom. The molecule has 1 fully saturated rings. The summed E-state index contributed by atoms with van der Waals surface area (Å²) in [5.41, 5.74) is 0. The van der Waals surface area contributed by atoms with Crippen molar-refractivity contribution >= 4 is 16.9 Å². The van der Waals surface area contributed by atoms with E-state index in [0.29, 0.717) is 18.0 Å². The second kappa shape index (κ2) is 5.95. The van der Waals surface area contributed by atoms with E-state index in [4.69, 9.17) is 4.99 Å². The van der Waals surface area contributed by atoms with E-state index in [0.717, 1.165) is 0 Å². The van der Waals surface area contributed by atoms with Gasteiger partial charge in [-0.05, 0) is 18.8 Å². The monoisotopic (exact) mass is 240 g/mol. The van der Waals surface area contributed by atoms with Crippen LogP contribution >= 0.6 is 11.8 Å². The fraction of sp³-hybridized carbons (Fsp3) is 0.923. The smallest absolute Gasteiger partial charge is 0.157 e. The average molecular weight is 240 g/mol. The third kappa shape index (κ3) is 3.41. The first-order chi connectivity index (χ1) is 7.75. The molecule has 1 aliphatic heterocycles. The fourth-order valence-electron chi connectivity index (χ4n) is 2.41. The number of aliphatic imine (C=N–C) groups is 1. The summed E-state index contributed by atoms with van der Waals surface area (Å²) in [4.78, 5) is 4.78. The minimum Gasteiger partial charge on any atom is -0.362 e. The van der Waals surface area contributed by atoms with E-state index in [9.17, 15) is 0 Å². The molecule has 0 radical (unpaired) electrons. The largest absolute Gasteiger partial charge is 0.362 e. The highest BCUT2D eigenvalue weighted by atomic mass is 32.2. The second-order valence-corrected chi connectivity index (χ2v) is 6.40. The van der Waals surface area contributed by atoms with Gasteiger partial charge < -0.3 is 5.32 Å². The van der Waals surface area contributed by atoms with Gasteiger partial charge in [0.2, 0.25) is 0 Å². The highest BCUT2D eigenvalue weighted by Crippen LogP contribution is 2.24. The summed E-state index contributed by atoms with van der Waals surface area (Å²) < 4.78 is 0. The van der Waals surface area contributed by atoms with Gasteiger partial charge in [0.25, 0.3) is 0 Å². The molecule has 2 nitrogen and oxygen atoms in total.